The molecule has 0 amide bonds. The molecular weight excluding hydrogens is 336 g/mol. The zero-order valence-corrected chi connectivity index (χ0v) is 13.2. The summed E-state index contributed by atoms with van der Waals surface area (Å²) in [6.45, 7) is 0.824. The third-order valence-corrected chi connectivity index (χ3v) is 3.29. The summed E-state index contributed by atoms with van der Waals surface area (Å²) in [5.74, 6) is 0.633. The van der Waals surface area contributed by atoms with Gasteiger partial charge in [-0.25, -0.2) is 9.97 Å². The largest absolute Gasteiger partial charge is 0.362 e. The van der Waals surface area contributed by atoms with E-state index in [0.29, 0.717) is 15.5 Å². The van der Waals surface area contributed by atoms with Crippen molar-refractivity contribution in [1.29, 1.82) is 0 Å². The van der Waals surface area contributed by atoms with Gasteiger partial charge in [-0.3, -0.25) is 0 Å². The standard InChI is InChI=1S/C14H15BrN4S/c15-12-9-18-13(10-17-12)19-14(20)16-8-4-7-11-5-2-1-3-6-11/h1-3,5-6,9-10H,4,7-8H2,(H2,16,18,19,20). The van der Waals surface area contributed by atoms with E-state index in [1.807, 2.05) is 6.07 Å². The summed E-state index contributed by atoms with van der Waals surface area (Å²) in [5, 5.41) is 6.72. The molecule has 0 atom stereocenters. The number of halogens is 1. The number of anilines is 1. The summed E-state index contributed by atoms with van der Waals surface area (Å²) < 4.78 is 0.699. The van der Waals surface area contributed by atoms with Crippen LogP contribution in [0, 0.1) is 0 Å². The normalized spacial score (nSPS) is 10.1. The second kappa shape index (κ2) is 7.91. The molecule has 0 saturated carbocycles. The number of nitrogens with one attached hydrogen (secondary N) is 2. The van der Waals surface area contributed by atoms with Crippen LogP contribution in [-0.2, 0) is 6.42 Å². The Hall–Kier alpha value is -1.53. The van der Waals surface area contributed by atoms with Crippen molar-refractivity contribution < 1.29 is 0 Å². The fraction of sp³-hybridized carbons (Fsp3) is 0.214. The minimum Gasteiger partial charge on any atom is -0.362 e. The molecule has 20 heavy (non-hydrogen) atoms. The molecule has 0 spiro atoms. The molecule has 0 bridgehead atoms. The number of thiocarbonyl (C=S) groups is 1. The lowest BCUT2D eigenvalue weighted by atomic mass is 10.1. The molecule has 0 saturated heterocycles. The number of hydrogen-bond acceptors (Lipinski definition) is 3. The Morgan fingerprint density at radius 2 is 1.95 bits per heavy atom. The smallest absolute Gasteiger partial charge is 0.171 e. The van der Waals surface area contributed by atoms with E-state index in [4.69, 9.17) is 12.2 Å². The van der Waals surface area contributed by atoms with Crippen LogP contribution in [0.3, 0.4) is 0 Å². The molecule has 0 aliphatic rings. The zero-order chi connectivity index (χ0) is 14.2. The summed E-state index contributed by atoms with van der Waals surface area (Å²) in [5.41, 5.74) is 1.34. The average Bonchev–Trinajstić information content (AvgIpc) is 2.47. The second-order valence-electron chi connectivity index (χ2n) is 4.19. The first kappa shape index (κ1) is 14.9. The van der Waals surface area contributed by atoms with Gasteiger partial charge in [0, 0.05) is 6.54 Å². The van der Waals surface area contributed by atoms with Gasteiger partial charge in [-0.05, 0) is 46.6 Å². The third kappa shape index (κ3) is 5.22. The predicted octanol–water partition coefficient (Wildman–Crippen LogP) is 3.16. The molecule has 1 aromatic carbocycles. The maximum atomic E-state index is 5.20. The molecule has 0 unspecified atom stereocenters. The van der Waals surface area contributed by atoms with Gasteiger partial charge in [0.25, 0.3) is 0 Å². The molecule has 6 heteroatoms. The van der Waals surface area contributed by atoms with Gasteiger partial charge in [-0.2, -0.15) is 0 Å². The van der Waals surface area contributed by atoms with Gasteiger partial charge in [-0.15, -0.1) is 0 Å². The van der Waals surface area contributed by atoms with Crippen molar-refractivity contribution in [1.82, 2.24) is 15.3 Å². The highest BCUT2D eigenvalue weighted by Gasteiger charge is 1.99. The predicted molar refractivity (Wildman–Crippen MR) is 88.7 cm³/mol. The first-order valence-corrected chi connectivity index (χ1v) is 7.50. The van der Waals surface area contributed by atoms with Gasteiger partial charge in [0.15, 0.2) is 10.9 Å². The van der Waals surface area contributed by atoms with Crippen LogP contribution in [-0.4, -0.2) is 21.6 Å². The number of hydrogen-bond donors (Lipinski definition) is 2. The number of aryl methyl sites for hydroxylation is 1. The van der Waals surface area contributed by atoms with Gasteiger partial charge in [0.05, 0.1) is 12.4 Å². The maximum Gasteiger partial charge on any atom is 0.171 e. The molecule has 0 fully saturated rings. The van der Waals surface area contributed by atoms with Crippen molar-refractivity contribution in [3.63, 3.8) is 0 Å². The van der Waals surface area contributed by atoms with Crippen molar-refractivity contribution in [2.24, 2.45) is 0 Å². The zero-order valence-electron chi connectivity index (χ0n) is 10.8. The Kier molecular flexibility index (Phi) is 5.88. The lowest BCUT2D eigenvalue weighted by Gasteiger charge is -2.09. The highest BCUT2D eigenvalue weighted by Crippen LogP contribution is 2.06. The van der Waals surface area contributed by atoms with Gasteiger partial charge >= 0.3 is 0 Å². The molecule has 2 aromatic rings. The van der Waals surface area contributed by atoms with E-state index in [2.05, 4.69) is 60.8 Å². The highest BCUT2D eigenvalue weighted by molar-refractivity contribution is 9.10. The Morgan fingerprint density at radius 3 is 2.65 bits per heavy atom. The van der Waals surface area contributed by atoms with E-state index >= 15 is 0 Å². The van der Waals surface area contributed by atoms with E-state index in [1.54, 1.807) is 12.4 Å². The first-order valence-electron chi connectivity index (χ1n) is 6.30. The van der Waals surface area contributed by atoms with E-state index in [-0.39, 0.29) is 0 Å². The maximum absolute atomic E-state index is 5.20. The fourth-order valence-corrected chi connectivity index (χ4v) is 2.09. The second-order valence-corrected chi connectivity index (χ2v) is 5.42. The Morgan fingerprint density at radius 1 is 1.15 bits per heavy atom. The monoisotopic (exact) mass is 350 g/mol. The van der Waals surface area contributed by atoms with Crippen LogP contribution < -0.4 is 10.6 Å². The third-order valence-electron chi connectivity index (χ3n) is 2.63. The summed E-state index contributed by atoms with van der Waals surface area (Å²) in [7, 11) is 0. The molecule has 1 aromatic heterocycles. The molecule has 4 nitrogen and oxygen atoms in total. The lowest BCUT2D eigenvalue weighted by Crippen LogP contribution is -2.29. The Labute approximate surface area is 132 Å². The van der Waals surface area contributed by atoms with Crippen molar-refractivity contribution in [2.45, 2.75) is 12.8 Å². The average molecular weight is 351 g/mol. The number of aromatic nitrogens is 2. The topological polar surface area (TPSA) is 49.8 Å². The van der Waals surface area contributed by atoms with Crippen molar-refractivity contribution in [3.8, 4) is 0 Å². The van der Waals surface area contributed by atoms with Crippen molar-refractivity contribution in [3.05, 3.63) is 52.9 Å². The number of nitrogens with zero attached hydrogens (tertiary/aromatic N) is 2. The van der Waals surface area contributed by atoms with Crippen LogP contribution in [0.1, 0.15) is 12.0 Å². The summed E-state index contributed by atoms with van der Waals surface area (Å²) in [6.07, 6.45) is 5.31. The van der Waals surface area contributed by atoms with Crippen LogP contribution in [0.5, 0.6) is 0 Å². The number of benzene rings is 1. The highest BCUT2D eigenvalue weighted by atomic mass is 79.9. The Bertz CT molecular complexity index is 545. The van der Waals surface area contributed by atoms with Crippen LogP contribution in [0.15, 0.2) is 47.3 Å². The van der Waals surface area contributed by atoms with E-state index in [9.17, 15) is 0 Å². The molecule has 0 aliphatic heterocycles. The molecular formula is C14H15BrN4S. The minimum absolute atomic E-state index is 0.565. The quantitative estimate of drug-likeness (QED) is 0.640. The fourth-order valence-electron chi connectivity index (χ4n) is 1.68. The SMILES string of the molecule is S=C(NCCCc1ccccc1)Nc1cnc(Br)cn1. The number of rotatable bonds is 5. The van der Waals surface area contributed by atoms with Gasteiger partial charge in [-0.1, -0.05) is 30.3 Å². The van der Waals surface area contributed by atoms with Crippen LogP contribution in [0.4, 0.5) is 5.82 Å². The minimum atomic E-state index is 0.565. The van der Waals surface area contributed by atoms with Crippen LogP contribution in [0.2, 0.25) is 0 Å². The van der Waals surface area contributed by atoms with Crippen LogP contribution >= 0.6 is 28.1 Å². The van der Waals surface area contributed by atoms with Gasteiger partial charge in [0.2, 0.25) is 0 Å². The Balaban J connectivity index is 1.66. The molecule has 2 rings (SSSR count). The lowest BCUT2D eigenvalue weighted by molar-refractivity contribution is 0.777. The first-order chi connectivity index (χ1) is 9.74. The molecule has 2 N–H and O–H groups in total. The van der Waals surface area contributed by atoms with E-state index < -0.39 is 0 Å². The van der Waals surface area contributed by atoms with E-state index in [0.717, 1.165) is 19.4 Å². The van der Waals surface area contributed by atoms with Crippen molar-refractivity contribution >= 4 is 39.1 Å². The van der Waals surface area contributed by atoms with Gasteiger partial charge in [0.1, 0.15) is 4.60 Å². The van der Waals surface area contributed by atoms with Crippen LogP contribution in [0.25, 0.3) is 0 Å². The summed E-state index contributed by atoms with van der Waals surface area (Å²) in [6, 6.07) is 10.4. The van der Waals surface area contributed by atoms with Crippen molar-refractivity contribution in [2.75, 3.05) is 11.9 Å². The molecule has 104 valence electrons. The molecule has 1 heterocycles. The summed E-state index contributed by atoms with van der Waals surface area (Å²) >= 11 is 8.43. The molecule has 0 aliphatic carbocycles. The van der Waals surface area contributed by atoms with Gasteiger partial charge < -0.3 is 10.6 Å². The van der Waals surface area contributed by atoms with E-state index in [1.165, 1.54) is 5.56 Å². The summed E-state index contributed by atoms with van der Waals surface area (Å²) in [4.78, 5) is 8.22. The molecule has 0 radical (unpaired) electrons.